The average Bonchev–Trinajstić information content (AvgIpc) is 2.71. The first-order valence-corrected chi connectivity index (χ1v) is 11.2. The van der Waals surface area contributed by atoms with E-state index in [1.165, 1.54) is 10.6 Å². The number of anilines is 1. The molecule has 1 heterocycles. The average molecular weight is 410 g/mol. The van der Waals surface area contributed by atoms with Crippen LogP contribution in [-0.4, -0.2) is 38.0 Å². The van der Waals surface area contributed by atoms with Gasteiger partial charge in [0.1, 0.15) is 5.75 Å². The van der Waals surface area contributed by atoms with Crippen LogP contribution in [0.25, 0.3) is 10.8 Å². The molecule has 0 aromatic heterocycles. The van der Waals surface area contributed by atoms with E-state index in [2.05, 4.69) is 5.32 Å². The number of carbonyl (C=O) groups excluding carboxylic acids is 1. The molecule has 7 heteroatoms. The predicted octanol–water partition coefficient (Wildman–Crippen LogP) is 3.18. The molecule has 3 aromatic carbocycles. The van der Waals surface area contributed by atoms with Crippen LogP contribution in [0.3, 0.4) is 0 Å². The zero-order chi connectivity index (χ0) is 20.4. The number of hydrogen-bond acceptors (Lipinski definition) is 4. The van der Waals surface area contributed by atoms with E-state index >= 15 is 0 Å². The van der Waals surface area contributed by atoms with Crippen molar-refractivity contribution in [3.63, 3.8) is 0 Å². The van der Waals surface area contributed by atoms with Crippen LogP contribution >= 0.6 is 0 Å². The smallest absolute Gasteiger partial charge is 0.262 e. The second kappa shape index (κ2) is 7.85. The van der Waals surface area contributed by atoms with Crippen molar-refractivity contribution in [3.05, 3.63) is 71.8 Å². The highest BCUT2D eigenvalue weighted by atomic mass is 32.2. The maximum absolute atomic E-state index is 12.3. The Bertz CT molecular complexity index is 1170. The van der Waals surface area contributed by atoms with Crippen LogP contribution in [-0.2, 0) is 27.8 Å². The number of carbonyl (C=O) groups is 1. The van der Waals surface area contributed by atoms with Crippen LogP contribution in [0.5, 0.6) is 5.75 Å². The summed E-state index contributed by atoms with van der Waals surface area (Å²) in [5, 5.41) is 4.99. The highest BCUT2D eigenvalue weighted by Crippen LogP contribution is 2.24. The van der Waals surface area contributed by atoms with Gasteiger partial charge in [0.2, 0.25) is 10.0 Å². The van der Waals surface area contributed by atoms with Gasteiger partial charge in [-0.05, 0) is 52.6 Å². The number of amides is 1. The van der Waals surface area contributed by atoms with Crippen molar-refractivity contribution in [2.24, 2.45) is 0 Å². The van der Waals surface area contributed by atoms with Crippen molar-refractivity contribution < 1.29 is 17.9 Å². The van der Waals surface area contributed by atoms with Gasteiger partial charge >= 0.3 is 0 Å². The fraction of sp³-hybridized carbons (Fsp3) is 0.227. The van der Waals surface area contributed by atoms with Gasteiger partial charge in [0.05, 0.1) is 6.26 Å². The zero-order valence-electron chi connectivity index (χ0n) is 16.1. The Morgan fingerprint density at radius 1 is 1.03 bits per heavy atom. The summed E-state index contributed by atoms with van der Waals surface area (Å²) >= 11 is 0. The molecule has 150 valence electrons. The summed E-state index contributed by atoms with van der Waals surface area (Å²) < 4.78 is 30.7. The standard InChI is InChI=1S/C22H22N2O4S/c1-29(26,27)24-11-10-17-6-8-20(12-19(17)14-24)23-22(25)15-28-21-9-7-16-4-2-3-5-18(16)13-21/h2-9,12-13H,10-11,14-15H2,1H3,(H,23,25). The van der Waals surface area contributed by atoms with Crippen LogP contribution in [0.15, 0.2) is 60.7 Å². The molecule has 0 atom stereocenters. The fourth-order valence-electron chi connectivity index (χ4n) is 3.50. The lowest BCUT2D eigenvalue weighted by Gasteiger charge is -2.27. The van der Waals surface area contributed by atoms with E-state index in [0.717, 1.165) is 21.9 Å². The number of sulfonamides is 1. The number of fused-ring (bicyclic) bond motifs is 2. The quantitative estimate of drug-likeness (QED) is 0.701. The van der Waals surface area contributed by atoms with E-state index in [0.29, 0.717) is 30.9 Å². The molecule has 0 radical (unpaired) electrons. The minimum absolute atomic E-state index is 0.106. The molecule has 0 bridgehead atoms. The minimum Gasteiger partial charge on any atom is -0.484 e. The van der Waals surface area contributed by atoms with Crippen molar-refractivity contribution in [2.45, 2.75) is 13.0 Å². The molecular weight excluding hydrogens is 388 g/mol. The Balaban J connectivity index is 1.39. The molecule has 0 aliphatic carbocycles. The summed E-state index contributed by atoms with van der Waals surface area (Å²) in [5.74, 6) is 0.363. The number of ether oxygens (including phenoxy) is 1. The Hall–Kier alpha value is -2.90. The Kier molecular flexibility index (Phi) is 5.25. The molecule has 29 heavy (non-hydrogen) atoms. The molecule has 1 aliphatic heterocycles. The van der Waals surface area contributed by atoms with Gasteiger partial charge in [-0.3, -0.25) is 4.79 Å². The van der Waals surface area contributed by atoms with E-state index in [1.54, 1.807) is 0 Å². The lowest BCUT2D eigenvalue weighted by Crippen LogP contribution is -2.35. The van der Waals surface area contributed by atoms with Gasteiger partial charge in [-0.15, -0.1) is 0 Å². The maximum atomic E-state index is 12.3. The molecular formula is C22H22N2O4S. The van der Waals surface area contributed by atoms with Gasteiger partial charge in [0.15, 0.2) is 6.61 Å². The molecule has 1 amide bonds. The van der Waals surface area contributed by atoms with Crippen LogP contribution in [0.1, 0.15) is 11.1 Å². The summed E-state index contributed by atoms with van der Waals surface area (Å²) in [6.45, 7) is 0.702. The van der Waals surface area contributed by atoms with Crippen molar-refractivity contribution in [1.82, 2.24) is 4.31 Å². The number of nitrogens with one attached hydrogen (secondary N) is 1. The van der Waals surface area contributed by atoms with Gasteiger partial charge in [-0.1, -0.05) is 36.4 Å². The predicted molar refractivity (Wildman–Crippen MR) is 113 cm³/mol. The first kappa shape index (κ1) is 19.4. The summed E-state index contributed by atoms with van der Waals surface area (Å²) in [6.07, 6.45) is 1.88. The maximum Gasteiger partial charge on any atom is 0.262 e. The topological polar surface area (TPSA) is 75.7 Å². The molecule has 0 fully saturated rings. The molecule has 0 saturated heterocycles. The van der Waals surface area contributed by atoms with Gasteiger partial charge < -0.3 is 10.1 Å². The highest BCUT2D eigenvalue weighted by Gasteiger charge is 2.23. The molecule has 4 rings (SSSR count). The molecule has 0 saturated carbocycles. The Morgan fingerprint density at radius 3 is 2.62 bits per heavy atom. The van der Waals surface area contributed by atoms with Crippen LogP contribution in [0, 0.1) is 0 Å². The van der Waals surface area contributed by atoms with Crippen molar-refractivity contribution in [2.75, 3.05) is 24.7 Å². The third kappa shape index (κ3) is 4.58. The normalized spacial score (nSPS) is 14.4. The van der Waals surface area contributed by atoms with Crippen molar-refractivity contribution >= 4 is 32.4 Å². The molecule has 3 aromatic rings. The van der Waals surface area contributed by atoms with E-state index in [9.17, 15) is 13.2 Å². The van der Waals surface area contributed by atoms with E-state index in [1.807, 2.05) is 60.7 Å². The largest absolute Gasteiger partial charge is 0.484 e. The van der Waals surface area contributed by atoms with Crippen LogP contribution in [0.2, 0.25) is 0 Å². The molecule has 1 aliphatic rings. The summed E-state index contributed by atoms with van der Waals surface area (Å²) in [5.41, 5.74) is 2.65. The summed E-state index contributed by atoms with van der Waals surface area (Å²) in [7, 11) is -3.23. The second-order valence-electron chi connectivity index (χ2n) is 7.18. The van der Waals surface area contributed by atoms with Gasteiger partial charge in [-0.25, -0.2) is 8.42 Å². The Labute approximate surface area is 170 Å². The molecule has 6 nitrogen and oxygen atoms in total. The number of benzene rings is 3. The van der Waals surface area contributed by atoms with Crippen LogP contribution in [0.4, 0.5) is 5.69 Å². The number of nitrogens with zero attached hydrogens (tertiary/aromatic N) is 1. The SMILES string of the molecule is CS(=O)(=O)N1CCc2ccc(NC(=O)COc3ccc4ccccc4c3)cc2C1. The summed E-state index contributed by atoms with van der Waals surface area (Å²) in [4.78, 5) is 12.3. The second-order valence-corrected chi connectivity index (χ2v) is 9.16. The zero-order valence-corrected chi connectivity index (χ0v) is 16.9. The Morgan fingerprint density at radius 2 is 1.83 bits per heavy atom. The van der Waals surface area contributed by atoms with Crippen molar-refractivity contribution in [3.8, 4) is 5.75 Å². The molecule has 0 spiro atoms. The van der Waals surface area contributed by atoms with E-state index < -0.39 is 10.0 Å². The number of rotatable bonds is 5. The van der Waals surface area contributed by atoms with E-state index in [-0.39, 0.29) is 12.5 Å². The highest BCUT2D eigenvalue weighted by molar-refractivity contribution is 7.88. The third-order valence-electron chi connectivity index (χ3n) is 5.03. The van der Waals surface area contributed by atoms with Gasteiger partial charge in [-0.2, -0.15) is 4.31 Å². The lowest BCUT2D eigenvalue weighted by molar-refractivity contribution is -0.118. The molecule has 1 N–H and O–H groups in total. The third-order valence-corrected chi connectivity index (χ3v) is 6.28. The minimum atomic E-state index is -3.23. The van der Waals surface area contributed by atoms with E-state index in [4.69, 9.17) is 4.74 Å². The number of hydrogen-bond donors (Lipinski definition) is 1. The first-order chi connectivity index (χ1) is 13.9. The first-order valence-electron chi connectivity index (χ1n) is 9.37. The monoisotopic (exact) mass is 410 g/mol. The van der Waals surface area contributed by atoms with Gasteiger partial charge in [0.25, 0.3) is 5.91 Å². The van der Waals surface area contributed by atoms with Crippen molar-refractivity contribution in [1.29, 1.82) is 0 Å². The fourth-order valence-corrected chi connectivity index (χ4v) is 4.29. The van der Waals surface area contributed by atoms with Gasteiger partial charge in [0, 0.05) is 18.8 Å². The summed E-state index contributed by atoms with van der Waals surface area (Å²) in [6, 6.07) is 19.3. The van der Waals surface area contributed by atoms with Crippen LogP contribution < -0.4 is 10.1 Å². The lowest BCUT2D eigenvalue weighted by atomic mass is 10.0. The molecule has 0 unspecified atom stereocenters.